The van der Waals surface area contributed by atoms with Crippen LogP contribution in [0.4, 0.5) is 0 Å². The summed E-state index contributed by atoms with van der Waals surface area (Å²) in [7, 11) is 3.79. The quantitative estimate of drug-likeness (QED) is 0.561. The lowest BCUT2D eigenvalue weighted by atomic mass is 10.2. The monoisotopic (exact) mass is 292 g/mol. The second-order valence-corrected chi connectivity index (χ2v) is 5.55. The molecule has 2 N–H and O–H groups in total. The van der Waals surface area contributed by atoms with Crippen LogP contribution in [0.25, 0.3) is 33.2 Å². The number of para-hydroxylation sites is 2. The summed E-state index contributed by atoms with van der Waals surface area (Å²) in [5, 5.41) is 22.9. The van der Waals surface area contributed by atoms with Gasteiger partial charge in [-0.2, -0.15) is 0 Å². The van der Waals surface area contributed by atoms with Crippen molar-refractivity contribution in [2.75, 3.05) is 0 Å². The Labute approximate surface area is 127 Å². The van der Waals surface area contributed by atoms with E-state index in [0.29, 0.717) is 11.4 Å². The third kappa shape index (κ3) is 1.46. The van der Waals surface area contributed by atoms with Crippen LogP contribution in [0, 0.1) is 0 Å². The van der Waals surface area contributed by atoms with Gasteiger partial charge in [0.1, 0.15) is 11.4 Å². The van der Waals surface area contributed by atoms with Crippen LogP contribution < -0.4 is 0 Å². The average Bonchev–Trinajstić information content (AvgIpc) is 2.94. The summed E-state index contributed by atoms with van der Waals surface area (Å²) in [5.74, 6) is 0.388. The van der Waals surface area contributed by atoms with E-state index in [-0.39, 0.29) is 11.5 Å². The zero-order valence-corrected chi connectivity index (χ0v) is 12.4. The summed E-state index contributed by atoms with van der Waals surface area (Å²) < 4.78 is 3.83. The van der Waals surface area contributed by atoms with E-state index in [1.54, 1.807) is 0 Å². The predicted molar refractivity (Wildman–Crippen MR) is 88.2 cm³/mol. The Bertz CT molecular complexity index is 863. The number of fused-ring (bicyclic) bond motifs is 2. The molecule has 110 valence electrons. The standard InChI is InChI=1S/C18H16N2O2/c1-19-13-9-5-3-7-11(13)17(21)15(19)16-18(22)12-8-4-6-10-14(12)20(16)2/h3-10,21-22H,1-2H3. The predicted octanol–water partition coefficient (Wildman–Crippen LogP) is 3.75. The van der Waals surface area contributed by atoms with Gasteiger partial charge in [0.05, 0.1) is 11.0 Å². The smallest absolute Gasteiger partial charge is 0.150 e. The van der Waals surface area contributed by atoms with Crippen LogP contribution in [0.2, 0.25) is 0 Å². The fourth-order valence-electron chi connectivity index (χ4n) is 3.29. The molecule has 2 aromatic heterocycles. The summed E-state index contributed by atoms with van der Waals surface area (Å²) >= 11 is 0. The maximum Gasteiger partial charge on any atom is 0.150 e. The first-order valence-corrected chi connectivity index (χ1v) is 7.14. The Balaban J connectivity index is 2.17. The Kier molecular flexibility index (Phi) is 2.51. The highest BCUT2D eigenvalue weighted by molar-refractivity contribution is 6.00. The molecule has 2 heterocycles. The van der Waals surface area contributed by atoms with Crippen molar-refractivity contribution in [3.63, 3.8) is 0 Å². The lowest BCUT2D eigenvalue weighted by Crippen LogP contribution is -1.97. The van der Waals surface area contributed by atoms with E-state index in [4.69, 9.17) is 0 Å². The van der Waals surface area contributed by atoms with E-state index >= 15 is 0 Å². The molecule has 0 amide bonds. The number of aromatic hydroxyl groups is 2. The Hall–Kier alpha value is -2.88. The molecule has 0 spiro atoms. The number of nitrogens with zero attached hydrogens (tertiary/aromatic N) is 2. The average molecular weight is 292 g/mol. The van der Waals surface area contributed by atoms with Crippen molar-refractivity contribution in [1.29, 1.82) is 0 Å². The topological polar surface area (TPSA) is 50.3 Å². The zero-order valence-electron chi connectivity index (χ0n) is 12.4. The highest BCUT2D eigenvalue weighted by atomic mass is 16.3. The van der Waals surface area contributed by atoms with Gasteiger partial charge in [-0.05, 0) is 24.3 Å². The number of hydrogen-bond donors (Lipinski definition) is 2. The normalized spacial score (nSPS) is 11.5. The summed E-state index contributed by atoms with van der Waals surface area (Å²) in [6, 6.07) is 15.3. The molecule has 0 aliphatic rings. The van der Waals surface area contributed by atoms with Crippen LogP contribution in [-0.2, 0) is 14.1 Å². The highest BCUT2D eigenvalue weighted by Crippen LogP contribution is 2.45. The first kappa shape index (κ1) is 12.8. The summed E-state index contributed by atoms with van der Waals surface area (Å²) in [6.07, 6.45) is 0. The number of benzene rings is 2. The minimum atomic E-state index is 0.194. The van der Waals surface area contributed by atoms with Crippen molar-refractivity contribution in [2.45, 2.75) is 0 Å². The van der Waals surface area contributed by atoms with Crippen molar-refractivity contribution in [3.05, 3.63) is 48.5 Å². The van der Waals surface area contributed by atoms with E-state index in [2.05, 4.69) is 0 Å². The fourth-order valence-corrected chi connectivity index (χ4v) is 3.29. The zero-order chi connectivity index (χ0) is 15.4. The number of hydrogen-bond acceptors (Lipinski definition) is 2. The first-order chi connectivity index (χ1) is 10.6. The van der Waals surface area contributed by atoms with Gasteiger partial charge in [-0.15, -0.1) is 0 Å². The van der Waals surface area contributed by atoms with Crippen LogP contribution >= 0.6 is 0 Å². The third-order valence-electron chi connectivity index (χ3n) is 4.38. The van der Waals surface area contributed by atoms with Crippen molar-refractivity contribution in [1.82, 2.24) is 9.13 Å². The van der Waals surface area contributed by atoms with Crippen molar-refractivity contribution >= 4 is 21.8 Å². The second kappa shape index (κ2) is 4.31. The molecule has 4 aromatic rings. The summed E-state index contributed by atoms with van der Waals surface area (Å²) in [4.78, 5) is 0. The van der Waals surface area contributed by atoms with E-state index < -0.39 is 0 Å². The molecule has 0 radical (unpaired) electrons. The van der Waals surface area contributed by atoms with Crippen LogP contribution in [0.3, 0.4) is 0 Å². The van der Waals surface area contributed by atoms with Gasteiger partial charge in [0.25, 0.3) is 0 Å². The maximum absolute atomic E-state index is 10.7. The third-order valence-corrected chi connectivity index (χ3v) is 4.38. The Morgan fingerprint density at radius 3 is 1.36 bits per heavy atom. The van der Waals surface area contributed by atoms with E-state index in [1.807, 2.05) is 71.8 Å². The highest BCUT2D eigenvalue weighted by Gasteiger charge is 2.23. The molecule has 4 nitrogen and oxygen atoms in total. The van der Waals surface area contributed by atoms with E-state index in [1.165, 1.54) is 0 Å². The molecule has 2 aromatic carbocycles. The molecule has 0 aliphatic carbocycles. The molecule has 0 fully saturated rings. The molecule has 0 saturated carbocycles. The molecule has 4 rings (SSSR count). The van der Waals surface area contributed by atoms with E-state index in [0.717, 1.165) is 21.8 Å². The van der Waals surface area contributed by atoms with Crippen LogP contribution in [0.1, 0.15) is 0 Å². The molecule has 0 aliphatic heterocycles. The first-order valence-electron chi connectivity index (χ1n) is 7.14. The molecule has 0 unspecified atom stereocenters. The lowest BCUT2D eigenvalue weighted by molar-refractivity contribution is 0.472. The minimum Gasteiger partial charge on any atom is -0.505 e. The molecule has 0 saturated heterocycles. The van der Waals surface area contributed by atoms with Gasteiger partial charge in [-0.25, -0.2) is 0 Å². The maximum atomic E-state index is 10.7. The number of aryl methyl sites for hydroxylation is 2. The molecule has 0 bridgehead atoms. The van der Waals surface area contributed by atoms with Crippen molar-refractivity contribution in [2.24, 2.45) is 14.1 Å². The van der Waals surface area contributed by atoms with Gasteiger partial charge in [0.2, 0.25) is 0 Å². The fraction of sp³-hybridized carbons (Fsp3) is 0.111. The largest absolute Gasteiger partial charge is 0.505 e. The SMILES string of the molecule is Cn1c(-c2c(O)c3ccccc3n2C)c(O)c2ccccc21. The van der Waals surface area contributed by atoms with Crippen LogP contribution in [0.15, 0.2) is 48.5 Å². The van der Waals surface area contributed by atoms with Gasteiger partial charge in [0, 0.05) is 24.9 Å². The van der Waals surface area contributed by atoms with Crippen LogP contribution in [-0.4, -0.2) is 19.3 Å². The molecular weight excluding hydrogens is 276 g/mol. The van der Waals surface area contributed by atoms with Crippen molar-refractivity contribution in [3.8, 4) is 22.9 Å². The van der Waals surface area contributed by atoms with Crippen molar-refractivity contribution < 1.29 is 10.2 Å². The molecular formula is C18H16N2O2. The van der Waals surface area contributed by atoms with E-state index in [9.17, 15) is 10.2 Å². The molecule has 0 atom stereocenters. The Morgan fingerprint density at radius 1 is 0.636 bits per heavy atom. The van der Waals surface area contributed by atoms with Crippen LogP contribution in [0.5, 0.6) is 11.5 Å². The number of aromatic nitrogens is 2. The van der Waals surface area contributed by atoms with Gasteiger partial charge >= 0.3 is 0 Å². The van der Waals surface area contributed by atoms with Gasteiger partial charge in [-0.3, -0.25) is 0 Å². The Morgan fingerprint density at radius 2 is 1.00 bits per heavy atom. The summed E-state index contributed by atoms with van der Waals surface area (Å²) in [6.45, 7) is 0. The number of rotatable bonds is 1. The summed E-state index contributed by atoms with van der Waals surface area (Å²) in [5.41, 5.74) is 3.11. The minimum absolute atomic E-state index is 0.194. The molecule has 4 heteroatoms. The van der Waals surface area contributed by atoms with Gasteiger partial charge < -0.3 is 19.3 Å². The second-order valence-electron chi connectivity index (χ2n) is 5.55. The van der Waals surface area contributed by atoms with Gasteiger partial charge in [0.15, 0.2) is 11.5 Å². The lowest BCUT2D eigenvalue weighted by Gasteiger charge is -2.07. The van der Waals surface area contributed by atoms with Gasteiger partial charge in [-0.1, -0.05) is 24.3 Å². The molecule has 22 heavy (non-hydrogen) atoms.